The lowest BCUT2D eigenvalue weighted by atomic mass is 10.00. The van der Waals surface area contributed by atoms with Crippen molar-refractivity contribution in [2.24, 2.45) is 0 Å². The molecule has 0 aliphatic heterocycles. The highest BCUT2D eigenvalue weighted by atomic mass is 32.1. The lowest BCUT2D eigenvalue weighted by Crippen LogP contribution is -1.79. The molecule has 6 rings (SSSR count). The molecule has 4 heteroatoms. The number of aryl methyl sites for hydroxylation is 4. The Hall–Kier alpha value is -1.46. The molecule has 0 saturated carbocycles. The van der Waals surface area contributed by atoms with Crippen molar-refractivity contribution in [3.05, 3.63) is 43.8 Å². The van der Waals surface area contributed by atoms with E-state index in [4.69, 9.17) is 0 Å². The lowest BCUT2D eigenvalue weighted by Gasteiger charge is -2.07. The first-order valence-corrected chi connectivity index (χ1v) is 20.2. The zero-order chi connectivity index (χ0) is 29.1. The van der Waals surface area contributed by atoms with Crippen LogP contribution in [0.25, 0.3) is 51.1 Å². The van der Waals surface area contributed by atoms with Gasteiger partial charge >= 0.3 is 0 Å². The van der Waals surface area contributed by atoms with Gasteiger partial charge in [-0.2, -0.15) is 0 Å². The van der Waals surface area contributed by atoms with Gasteiger partial charge in [0.05, 0.1) is 0 Å². The van der Waals surface area contributed by atoms with Gasteiger partial charge in [-0.25, -0.2) is 0 Å². The Kier molecular flexibility index (Phi) is 10.3. The van der Waals surface area contributed by atoms with E-state index < -0.39 is 0 Å². The van der Waals surface area contributed by atoms with Crippen molar-refractivity contribution in [1.82, 2.24) is 0 Å². The Balaban J connectivity index is 1.64. The first-order valence-electron chi connectivity index (χ1n) is 16.9. The minimum Gasteiger partial charge on any atom is -0.140 e. The molecular weight excluding hydrogens is 585 g/mol. The van der Waals surface area contributed by atoms with E-state index in [9.17, 15) is 0 Å². The SMILES string of the molecule is CCCCCc1cc2c3cc(CCCCC)sc3c3c4sc(CCCCC)cc4c4cc(CCCCC)sc4c3c2s1. The topological polar surface area (TPSA) is 0 Å². The first-order chi connectivity index (χ1) is 20.7. The second-order valence-corrected chi connectivity index (χ2v) is 16.9. The zero-order valence-electron chi connectivity index (χ0n) is 26.3. The van der Waals surface area contributed by atoms with E-state index in [0.29, 0.717) is 0 Å². The molecule has 0 N–H and O–H groups in total. The third-order valence-electron chi connectivity index (χ3n) is 8.98. The molecule has 0 saturated heterocycles. The fourth-order valence-corrected chi connectivity index (χ4v) is 11.9. The van der Waals surface area contributed by atoms with Crippen molar-refractivity contribution < 1.29 is 0 Å². The largest absolute Gasteiger partial charge is 0.140 e. The van der Waals surface area contributed by atoms with Crippen molar-refractivity contribution in [1.29, 1.82) is 0 Å². The van der Waals surface area contributed by atoms with Gasteiger partial charge in [-0.3, -0.25) is 0 Å². The molecule has 6 aromatic rings. The molecule has 0 aliphatic rings. The molecular formula is C38H48S4. The molecule has 0 fully saturated rings. The maximum atomic E-state index is 2.59. The van der Waals surface area contributed by atoms with Crippen LogP contribution in [-0.2, 0) is 25.7 Å². The number of hydrogen-bond donors (Lipinski definition) is 0. The lowest BCUT2D eigenvalue weighted by molar-refractivity contribution is 0.723. The van der Waals surface area contributed by atoms with Crippen LogP contribution in [0.3, 0.4) is 0 Å². The van der Waals surface area contributed by atoms with Crippen LogP contribution in [0.2, 0.25) is 0 Å². The number of fused-ring (bicyclic) bond motifs is 11. The van der Waals surface area contributed by atoms with Crippen molar-refractivity contribution in [2.75, 3.05) is 0 Å². The van der Waals surface area contributed by atoms with Crippen LogP contribution in [0, 0.1) is 0 Å². The van der Waals surface area contributed by atoms with E-state index in [2.05, 4.69) is 97.3 Å². The molecule has 0 radical (unpaired) electrons. The maximum absolute atomic E-state index is 2.59. The second kappa shape index (κ2) is 14.1. The van der Waals surface area contributed by atoms with Gasteiger partial charge in [-0.15, -0.1) is 45.3 Å². The molecule has 0 atom stereocenters. The Bertz CT molecular complexity index is 1530. The average molecular weight is 633 g/mol. The number of benzene rings is 2. The molecule has 224 valence electrons. The van der Waals surface area contributed by atoms with E-state index >= 15 is 0 Å². The third kappa shape index (κ3) is 6.08. The van der Waals surface area contributed by atoms with Crippen LogP contribution in [0.15, 0.2) is 24.3 Å². The van der Waals surface area contributed by atoms with Crippen LogP contribution in [0.5, 0.6) is 0 Å². The van der Waals surface area contributed by atoms with E-state index in [1.807, 2.05) is 0 Å². The molecule has 0 amide bonds. The van der Waals surface area contributed by atoms with Crippen LogP contribution in [0.4, 0.5) is 0 Å². The highest BCUT2D eigenvalue weighted by molar-refractivity contribution is 7.27. The van der Waals surface area contributed by atoms with Crippen molar-refractivity contribution in [2.45, 2.75) is 130 Å². The molecule has 2 aromatic carbocycles. The summed E-state index contributed by atoms with van der Waals surface area (Å²) >= 11 is 8.47. The fourth-order valence-electron chi connectivity index (χ4n) is 6.66. The molecule has 0 bridgehead atoms. The van der Waals surface area contributed by atoms with Gasteiger partial charge in [0.25, 0.3) is 0 Å². The van der Waals surface area contributed by atoms with Gasteiger partial charge in [0, 0.05) is 70.6 Å². The number of rotatable bonds is 16. The fraction of sp³-hybridized carbons (Fsp3) is 0.526. The molecule has 0 aliphatic carbocycles. The normalized spacial score (nSPS) is 12.4. The number of hydrogen-bond acceptors (Lipinski definition) is 4. The third-order valence-corrected chi connectivity index (χ3v) is 13.8. The monoisotopic (exact) mass is 632 g/mol. The molecule has 0 spiro atoms. The average Bonchev–Trinajstić information content (AvgIpc) is 3.77. The van der Waals surface area contributed by atoms with E-state index in [-0.39, 0.29) is 0 Å². The maximum Gasteiger partial charge on any atom is 0.0446 e. The van der Waals surface area contributed by atoms with Gasteiger partial charge in [0.2, 0.25) is 0 Å². The Labute approximate surface area is 269 Å². The van der Waals surface area contributed by atoms with Crippen molar-refractivity contribution in [3.8, 4) is 0 Å². The van der Waals surface area contributed by atoms with Gasteiger partial charge < -0.3 is 0 Å². The van der Waals surface area contributed by atoms with Crippen LogP contribution >= 0.6 is 45.3 Å². The first kappa shape index (κ1) is 30.6. The minimum absolute atomic E-state index is 1.22. The molecule has 4 aromatic heterocycles. The van der Waals surface area contributed by atoms with Gasteiger partial charge in [-0.1, -0.05) is 79.1 Å². The van der Waals surface area contributed by atoms with E-state index in [1.165, 1.54) is 124 Å². The quantitative estimate of drug-likeness (QED) is 0.0931. The standard InChI is InChI=1S/C38H48S4/c1-5-9-13-17-25-21-29-30-22-26(18-14-10-6-2)40-36(30)34-33(35(29)39-25)37-31(23-27(41-37)19-15-11-7-3)32-24-28(42-38(32)34)20-16-12-8-4/h21-24H,5-20H2,1-4H3. The van der Waals surface area contributed by atoms with Gasteiger partial charge in [0.15, 0.2) is 0 Å². The van der Waals surface area contributed by atoms with Crippen LogP contribution in [0.1, 0.15) is 124 Å². The van der Waals surface area contributed by atoms with Crippen LogP contribution in [-0.4, -0.2) is 0 Å². The van der Waals surface area contributed by atoms with Crippen LogP contribution < -0.4 is 0 Å². The Morgan fingerprint density at radius 1 is 0.357 bits per heavy atom. The van der Waals surface area contributed by atoms with E-state index in [0.717, 1.165) is 0 Å². The summed E-state index contributed by atoms with van der Waals surface area (Å²) < 4.78 is 6.27. The summed E-state index contributed by atoms with van der Waals surface area (Å²) in [7, 11) is 0. The summed E-state index contributed by atoms with van der Waals surface area (Å²) in [5.74, 6) is 0. The number of thiophene rings is 4. The summed E-state index contributed by atoms with van der Waals surface area (Å²) in [4.78, 5) is 6.35. The molecule has 0 unspecified atom stereocenters. The zero-order valence-corrected chi connectivity index (χ0v) is 29.5. The van der Waals surface area contributed by atoms with E-state index in [1.54, 1.807) is 49.1 Å². The summed E-state index contributed by atoms with van der Waals surface area (Å²) in [5.41, 5.74) is 0. The number of unbranched alkanes of at least 4 members (excludes halogenated alkanes) is 8. The smallest absolute Gasteiger partial charge is 0.0446 e. The Morgan fingerprint density at radius 2 is 0.595 bits per heavy atom. The molecule has 42 heavy (non-hydrogen) atoms. The highest BCUT2D eigenvalue weighted by Gasteiger charge is 2.23. The van der Waals surface area contributed by atoms with Crippen molar-refractivity contribution in [3.63, 3.8) is 0 Å². The summed E-state index contributed by atoms with van der Waals surface area (Å²) in [6.45, 7) is 9.28. The van der Waals surface area contributed by atoms with Gasteiger partial charge in [-0.05, 0) is 75.6 Å². The van der Waals surface area contributed by atoms with Gasteiger partial charge in [0.1, 0.15) is 0 Å². The molecule has 0 nitrogen and oxygen atoms in total. The summed E-state index contributed by atoms with van der Waals surface area (Å²) in [5, 5.41) is 9.31. The van der Waals surface area contributed by atoms with Crippen molar-refractivity contribution >= 4 is 96.5 Å². The Morgan fingerprint density at radius 3 is 0.810 bits per heavy atom. The predicted octanol–water partition coefficient (Wildman–Crippen LogP) is 14.6. The second-order valence-electron chi connectivity index (χ2n) is 12.4. The summed E-state index contributed by atoms with van der Waals surface area (Å²) in [6.07, 6.45) is 20.6. The minimum atomic E-state index is 1.22. The predicted molar refractivity (Wildman–Crippen MR) is 198 cm³/mol. The highest BCUT2D eigenvalue weighted by Crippen LogP contribution is 2.52. The summed E-state index contributed by atoms with van der Waals surface area (Å²) in [6, 6.07) is 10.4. The molecule has 4 heterocycles.